The van der Waals surface area contributed by atoms with Crippen molar-refractivity contribution >= 4 is 5.78 Å². The minimum absolute atomic E-state index is 0.226. The standard InChI is InChI=1S/C12H22O/c1-8(2)7-11(10-5-6-10)12(13)9(3)4/h8-11H,5-7H2,1-4H3/t11-/m1/s1. The second-order valence-corrected chi connectivity index (χ2v) is 5.13. The van der Waals surface area contributed by atoms with E-state index in [4.69, 9.17) is 0 Å². The molecule has 13 heavy (non-hydrogen) atoms. The fraction of sp³-hybridized carbons (Fsp3) is 0.917. The van der Waals surface area contributed by atoms with Crippen molar-refractivity contribution < 1.29 is 4.79 Å². The van der Waals surface area contributed by atoms with Gasteiger partial charge in [-0.05, 0) is 31.1 Å². The summed E-state index contributed by atoms with van der Waals surface area (Å²) in [5.41, 5.74) is 0. The molecule has 1 atom stereocenters. The summed E-state index contributed by atoms with van der Waals surface area (Å²) in [6.07, 6.45) is 3.67. The van der Waals surface area contributed by atoms with Crippen LogP contribution in [0.2, 0.25) is 0 Å². The molecule has 0 bridgehead atoms. The summed E-state index contributed by atoms with van der Waals surface area (Å²) in [7, 11) is 0. The molecule has 0 radical (unpaired) electrons. The van der Waals surface area contributed by atoms with Crippen molar-refractivity contribution in [3.63, 3.8) is 0 Å². The third-order valence-electron chi connectivity index (χ3n) is 2.85. The van der Waals surface area contributed by atoms with Gasteiger partial charge in [0.05, 0.1) is 0 Å². The van der Waals surface area contributed by atoms with Gasteiger partial charge in [0.2, 0.25) is 0 Å². The Hall–Kier alpha value is -0.330. The third kappa shape index (κ3) is 3.13. The van der Waals surface area contributed by atoms with Gasteiger partial charge in [0, 0.05) is 11.8 Å². The molecule has 0 aromatic heterocycles. The molecule has 1 nitrogen and oxygen atoms in total. The molecule has 1 heteroatoms. The van der Waals surface area contributed by atoms with Crippen LogP contribution in [0.5, 0.6) is 0 Å². The number of hydrogen-bond donors (Lipinski definition) is 0. The van der Waals surface area contributed by atoms with Crippen LogP contribution in [0.3, 0.4) is 0 Å². The Morgan fingerprint density at radius 3 is 2.08 bits per heavy atom. The zero-order valence-corrected chi connectivity index (χ0v) is 9.34. The summed E-state index contributed by atoms with van der Waals surface area (Å²) in [6, 6.07) is 0. The van der Waals surface area contributed by atoms with E-state index in [2.05, 4.69) is 13.8 Å². The molecular weight excluding hydrogens is 160 g/mol. The first kappa shape index (κ1) is 10.7. The second kappa shape index (κ2) is 4.26. The van der Waals surface area contributed by atoms with E-state index in [1.54, 1.807) is 0 Å². The predicted molar refractivity (Wildman–Crippen MR) is 55.5 cm³/mol. The van der Waals surface area contributed by atoms with Crippen LogP contribution in [0.25, 0.3) is 0 Å². The number of carbonyl (C=O) groups is 1. The molecular formula is C12H22O. The zero-order valence-electron chi connectivity index (χ0n) is 9.34. The van der Waals surface area contributed by atoms with Gasteiger partial charge in [-0.15, -0.1) is 0 Å². The van der Waals surface area contributed by atoms with Crippen LogP contribution in [0.15, 0.2) is 0 Å². The number of rotatable bonds is 5. The quantitative estimate of drug-likeness (QED) is 0.637. The predicted octanol–water partition coefficient (Wildman–Crippen LogP) is 3.28. The fourth-order valence-corrected chi connectivity index (χ4v) is 1.98. The zero-order chi connectivity index (χ0) is 10.0. The van der Waals surface area contributed by atoms with Crippen molar-refractivity contribution in [2.24, 2.45) is 23.7 Å². The van der Waals surface area contributed by atoms with Crippen LogP contribution in [0.1, 0.15) is 47.0 Å². The highest BCUT2D eigenvalue weighted by atomic mass is 16.1. The molecule has 0 amide bonds. The highest BCUT2D eigenvalue weighted by Crippen LogP contribution is 2.41. The van der Waals surface area contributed by atoms with E-state index in [0.717, 1.165) is 12.3 Å². The first-order chi connectivity index (χ1) is 6.02. The van der Waals surface area contributed by atoms with Gasteiger partial charge in [0.1, 0.15) is 5.78 Å². The van der Waals surface area contributed by atoms with Crippen LogP contribution in [0, 0.1) is 23.7 Å². The summed E-state index contributed by atoms with van der Waals surface area (Å²) in [5, 5.41) is 0. The van der Waals surface area contributed by atoms with Gasteiger partial charge in [-0.25, -0.2) is 0 Å². The molecule has 0 spiro atoms. The normalized spacial score (nSPS) is 19.5. The van der Waals surface area contributed by atoms with Gasteiger partial charge >= 0.3 is 0 Å². The van der Waals surface area contributed by atoms with Gasteiger partial charge < -0.3 is 0 Å². The van der Waals surface area contributed by atoms with Crippen molar-refractivity contribution in [3.05, 3.63) is 0 Å². The molecule has 1 fully saturated rings. The summed E-state index contributed by atoms with van der Waals surface area (Å²) >= 11 is 0. The molecule has 0 saturated heterocycles. The first-order valence-corrected chi connectivity index (χ1v) is 5.56. The molecule has 1 rings (SSSR count). The average molecular weight is 182 g/mol. The van der Waals surface area contributed by atoms with Gasteiger partial charge in [0.25, 0.3) is 0 Å². The van der Waals surface area contributed by atoms with E-state index in [1.165, 1.54) is 12.8 Å². The Morgan fingerprint density at radius 1 is 1.23 bits per heavy atom. The second-order valence-electron chi connectivity index (χ2n) is 5.13. The molecule has 0 aliphatic heterocycles. The highest BCUT2D eigenvalue weighted by molar-refractivity contribution is 5.83. The molecule has 0 heterocycles. The Bertz CT molecular complexity index is 178. The van der Waals surface area contributed by atoms with Gasteiger partial charge in [-0.2, -0.15) is 0 Å². The largest absolute Gasteiger partial charge is 0.299 e. The molecule has 1 saturated carbocycles. The van der Waals surface area contributed by atoms with Crippen molar-refractivity contribution in [2.75, 3.05) is 0 Å². The lowest BCUT2D eigenvalue weighted by molar-refractivity contribution is -0.127. The van der Waals surface area contributed by atoms with Crippen molar-refractivity contribution in [1.29, 1.82) is 0 Å². The smallest absolute Gasteiger partial charge is 0.138 e. The van der Waals surface area contributed by atoms with E-state index in [1.807, 2.05) is 13.8 Å². The molecule has 0 aromatic carbocycles. The van der Waals surface area contributed by atoms with Gasteiger partial charge in [-0.3, -0.25) is 4.79 Å². The number of ketones is 1. The van der Waals surface area contributed by atoms with E-state index in [-0.39, 0.29) is 5.92 Å². The van der Waals surface area contributed by atoms with Crippen LogP contribution >= 0.6 is 0 Å². The monoisotopic (exact) mass is 182 g/mol. The Kier molecular flexibility index (Phi) is 3.52. The summed E-state index contributed by atoms with van der Waals surface area (Å²) < 4.78 is 0. The Labute approximate surface area is 81.9 Å². The minimum atomic E-state index is 0.226. The molecule has 76 valence electrons. The van der Waals surface area contributed by atoms with E-state index < -0.39 is 0 Å². The SMILES string of the molecule is CC(C)C[C@@H](C(=O)C(C)C)C1CC1. The van der Waals surface area contributed by atoms with Crippen molar-refractivity contribution in [3.8, 4) is 0 Å². The van der Waals surface area contributed by atoms with Crippen LogP contribution in [0.4, 0.5) is 0 Å². The lowest BCUT2D eigenvalue weighted by Crippen LogP contribution is -2.23. The average Bonchev–Trinajstić information content (AvgIpc) is 2.80. The maximum atomic E-state index is 11.9. The van der Waals surface area contributed by atoms with Gasteiger partial charge in [-0.1, -0.05) is 27.7 Å². The molecule has 0 unspecified atom stereocenters. The van der Waals surface area contributed by atoms with Crippen LogP contribution in [-0.4, -0.2) is 5.78 Å². The number of Topliss-reactive ketones (excluding diaryl/α,β-unsaturated/α-hetero) is 1. The topological polar surface area (TPSA) is 17.1 Å². The first-order valence-electron chi connectivity index (χ1n) is 5.56. The van der Waals surface area contributed by atoms with Crippen molar-refractivity contribution in [2.45, 2.75) is 47.0 Å². The lowest BCUT2D eigenvalue weighted by Gasteiger charge is -2.19. The number of carbonyl (C=O) groups excluding carboxylic acids is 1. The Balaban J connectivity index is 2.51. The Morgan fingerprint density at radius 2 is 1.77 bits per heavy atom. The molecule has 0 aromatic rings. The summed E-state index contributed by atoms with van der Waals surface area (Å²) in [5.74, 6) is 2.49. The van der Waals surface area contributed by atoms with Crippen LogP contribution in [-0.2, 0) is 4.79 Å². The van der Waals surface area contributed by atoms with E-state index >= 15 is 0 Å². The maximum Gasteiger partial charge on any atom is 0.138 e. The minimum Gasteiger partial charge on any atom is -0.299 e. The molecule has 1 aliphatic rings. The summed E-state index contributed by atoms with van der Waals surface area (Å²) in [4.78, 5) is 11.9. The molecule has 0 N–H and O–H groups in total. The van der Waals surface area contributed by atoms with Crippen LogP contribution < -0.4 is 0 Å². The lowest BCUT2D eigenvalue weighted by atomic mass is 9.85. The third-order valence-corrected chi connectivity index (χ3v) is 2.85. The van der Waals surface area contributed by atoms with Gasteiger partial charge in [0.15, 0.2) is 0 Å². The number of hydrogen-bond acceptors (Lipinski definition) is 1. The van der Waals surface area contributed by atoms with E-state index in [9.17, 15) is 4.79 Å². The highest BCUT2D eigenvalue weighted by Gasteiger charge is 2.36. The maximum absolute atomic E-state index is 11.9. The van der Waals surface area contributed by atoms with E-state index in [0.29, 0.717) is 17.6 Å². The van der Waals surface area contributed by atoms with Crippen molar-refractivity contribution in [1.82, 2.24) is 0 Å². The summed E-state index contributed by atoms with van der Waals surface area (Å²) in [6.45, 7) is 8.47. The molecule has 1 aliphatic carbocycles. The fourth-order valence-electron chi connectivity index (χ4n) is 1.98.